The molecule has 2 rings (SSSR count). The van der Waals surface area contributed by atoms with Gasteiger partial charge >= 0.3 is 0 Å². The van der Waals surface area contributed by atoms with Gasteiger partial charge in [0, 0.05) is 12.3 Å². The molecule has 0 unspecified atom stereocenters. The van der Waals surface area contributed by atoms with E-state index >= 15 is 0 Å². The van der Waals surface area contributed by atoms with Crippen LogP contribution in [0.15, 0.2) is 29.6 Å². The second-order valence-electron chi connectivity index (χ2n) is 4.07. The molecule has 0 spiro atoms. The fourth-order valence-electron chi connectivity index (χ4n) is 1.45. The van der Waals surface area contributed by atoms with Crippen molar-refractivity contribution in [2.24, 2.45) is 0 Å². The van der Waals surface area contributed by atoms with Crippen LogP contribution in [0.5, 0.6) is 5.75 Å². The Hall–Kier alpha value is -2.72. The summed E-state index contributed by atoms with van der Waals surface area (Å²) in [5.41, 5.74) is 0.775. The number of hydrogen-bond acceptors (Lipinski definition) is 6. The summed E-state index contributed by atoms with van der Waals surface area (Å²) in [7, 11) is 0. The zero-order valence-electron chi connectivity index (χ0n) is 11.1. The van der Waals surface area contributed by atoms with Gasteiger partial charge in [0.15, 0.2) is 17.5 Å². The molecule has 0 fully saturated rings. The molecule has 0 atom stereocenters. The largest absolute Gasteiger partial charge is 0.484 e. The Labute approximate surface area is 125 Å². The van der Waals surface area contributed by atoms with Crippen molar-refractivity contribution in [2.45, 2.75) is 6.92 Å². The molecule has 0 bridgehead atoms. The molecule has 0 aliphatic carbocycles. The van der Waals surface area contributed by atoms with Crippen LogP contribution in [0.1, 0.15) is 23.0 Å². The van der Waals surface area contributed by atoms with Gasteiger partial charge in [0.25, 0.3) is 5.91 Å². The maximum absolute atomic E-state index is 11.7. The highest BCUT2D eigenvalue weighted by Gasteiger charge is 2.09. The van der Waals surface area contributed by atoms with Crippen LogP contribution >= 0.6 is 11.3 Å². The lowest BCUT2D eigenvalue weighted by Crippen LogP contribution is -2.20. The van der Waals surface area contributed by atoms with Crippen molar-refractivity contribution in [3.05, 3.63) is 40.9 Å². The number of ether oxygens (including phenoxy) is 1. The molecule has 1 amide bonds. The number of nitriles is 1. The van der Waals surface area contributed by atoms with Crippen LogP contribution in [0, 0.1) is 11.3 Å². The van der Waals surface area contributed by atoms with Crippen LogP contribution < -0.4 is 10.1 Å². The molecule has 2 aromatic rings. The van der Waals surface area contributed by atoms with Crippen LogP contribution in [-0.4, -0.2) is 23.3 Å². The van der Waals surface area contributed by atoms with Crippen molar-refractivity contribution in [2.75, 3.05) is 11.9 Å². The summed E-state index contributed by atoms with van der Waals surface area (Å²) in [6.45, 7) is 1.20. The quantitative estimate of drug-likeness (QED) is 0.855. The molecular weight excluding hydrogens is 290 g/mol. The Kier molecular flexibility index (Phi) is 4.64. The minimum Gasteiger partial charge on any atom is -0.484 e. The van der Waals surface area contributed by atoms with E-state index in [4.69, 9.17) is 10.00 Å². The van der Waals surface area contributed by atoms with Crippen molar-refractivity contribution in [3.63, 3.8) is 0 Å². The number of carbonyl (C=O) groups is 2. The molecule has 1 heterocycles. The molecule has 0 saturated heterocycles. The summed E-state index contributed by atoms with van der Waals surface area (Å²) >= 11 is 1.17. The number of aromatic nitrogens is 1. The van der Waals surface area contributed by atoms with Crippen LogP contribution in [0.3, 0.4) is 0 Å². The molecule has 6 nitrogen and oxygen atoms in total. The minimum absolute atomic E-state index is 0.156. The van der Waals surface area contributed by atoms with E-state index in [1.807, 2.05) is 6.07 Å². The number of thiazole rings is 1. The monoisotopic (exact) mass is 301 g/mol. The highest BCUT2D eigenvalue weighted by atomic mass is 32.1. The Morgan fingerprint density at radius 2 is 2.29 bits per heavy atom. The van der Waals surface area contributed by atoms with Gasteiger partial charge < -0.3 is 4.74 Å². The first-order valence-corrected chi connectivity index (χ1v) is 6.85. The summed E-state index contributed by atoms with van der Waals surface area (Å²) in [4.78, 5) is 26.8. The second-order valence-corrected chi connectivity index (χ2v) is 4.93. The molecule has 7 heteroatoms. The van der Waals surface area contributed by atoms with E-state index in [-0.39, 0.29) is 18.3 Å². The molecular formula is C14H11N3O3S. The average molecular weight is 301 g/mol. The molecule has 0 aliphatic heterocycles. The highest BCUT2D eigenvalue weighted by molar-refractivity contribution is 7.14. The number of anilines is 1. The fourth-order valence-corrected chi connectivity index (χ4v) is 2.22. The smallest absolute Gasteiger partial charge is 0.264 e. The van der Waals surface area contributed by atoms with Crippen LogP contribution in [0.4, 0.5) is 5.13 Å². The normalized spacial score (nSPS) is 9.71. The van der Waals surface area contributed by atoms with Crippen LogP contribution in [0.25, 0.3) is 0 Å². The zero-order valence-corrected chi connectivity index (χ0v) is 11.9. The van der Waals surface area contributed by atoms with Gasteiger partial charge in [-0.2, -0.15) is 5.26 Å². The van der Waals surface area contributed by atoms with Crippen molar-refractivity contribution in [1.82, 2.24) is 4.98 Å². The maximum atomic E-state index is 11.7. The molecule has 0 saturated carbocycles. The van der Waals surface area contributed by atoms with Crippen molar-refractivity contribution < 1.29 is 14.3 Å². The average Bonchev–Trinajstić information content (AvgIpc) is 2.94. The van der Waals surface area contributed by atoms with Crippen molar-refractivity contribution >= 4 is 28.2 Å². The third-order valence-corrected chi connectivity index (χ3v) is 3.20. The van der Waals surface area contributed by atoms with Gasteiger partial charge in [0.05, 0.1) is 11.6 Å². The van der Waals surface area contributed by atoms with Gasteiger partial charge in [-0.05, 0) is 18.2 Å². The molecule has 0 aliphatic rings. The first-order valence-electron chi connectivity index (χ1n) is 5.98. The summed E-state index contributed by atoms with van der Waals surface area (Å²) < 4.78 is 5.28. The number of carbonyl (C=O) groups excluding carboxylic acids is 2. The second kappa shape index (κ2) is 6.63. The molecule has 0 radical (unpaired) electrons. The number of amides is 1. The first-order chi connectivity index (χ1) is 10.1. The lowest BCUT2D eigenvalue weighted by molar-refractivity contribution is -0.118. The summed E-state index contributed by atoms with van der Waals surface area (Å²) in [6, 6.07) is 8.51. The Balaban J connectivity index is 1.89. The van der Waals surface area contributed by atoms with Gasteiger partial charge in [-0.25, -0.2) is 4.98 Å². The third kappa shape index (κ3) is 4.12. The molecule has 1 N–H and O–H groups in total. The lowest BCUT2D eigenvalue weighted by atomic mass is 10.2. The van der Waals surface area contributed by atoms with Gasteiger partial charge in [-0.15, -0.1) is 11.3 Å². The van der Waals surface area contributed by atoms with Gasteiger partial charge in [0.1, 0.15) is 11.4 Å². The molecule has 106 valence electrons. The molecule has 21 heavy (non-hydrogen) atoms. The van der Waals surface area contributed by atoms with Gasteiger partial charge in [-0.1, -0.05) is 6.07 Å². The number of nitrogens with one attached hydrogen (secondary N) is 1. The fraction of sp³-hybridized carbons (Fsp3) is 0.143. The number of ketones is 1. The number of hydrogen-bond donors (Lipinski definition) is 1. The standard InChI is InChI=1S/C14H11N3O3S/c1-9(18)12-8-21-14(16-12)17-13(19)7-20-11-4-2-3-10(5-11)6-15/h2-5,8H,7H2,1H3,(H,16,17,19). The summed E-state index contributed by atoms with van der Waals surface area (Å²) in [5, 5.41) is 13.2. The van der Waals surface area contributed by atoms with Gasteiger partial charge in [-0.3, -0.25) is 14.9 Å². The predicted molar refractivity (Wildman–Crippen MR) is 77.4 cm³/mol. The number of benzene rings is 1. The SMILES string of the molecule is CC(=O)c1csc(NC(=O)COc2cccc(C#N)c2)n1. The van der Waals surface area contributed by atoms with E-state index < -0.39 is 0 Å². The zero-order chi connectivity index (χ0) is 15.2. The Morgan fingerprint density at radius 3 is 2.95 bits per heavy atom. The van der Waals surface area contributed by atoms with E-state index in [1.165, 1.54) is 18.3 Å². The van der Waals surface area contributed by atoms with E-state index in [9.17, 15) is 9.59 Å². The molecule has 1 aromatic carbocycles. The first kappa shape index (κ1) is 14.7. The van der Waals surface area contributed by atoms with Crippen molar-refractivity contribution in [1.29, 1.82) is 5.26 Å². The van der Waals surface area contributed by atoms with E-state index in [0.29, 0.717) is 22.1 Å². The lowest BCUT2D eigenvalue weighted by Gasteiger charge is -2.05. The number of Topliss-reactive ketones (excluding diaryl/α,β-unsaturated/α-hetero) is 1. The van der Waals surface area contributed by atoms with E-state index in [0.717, 1.165) is 0 Å². The summed E-state index contributed by atoms with van der Waals surface area (Å²) in [5.74, 6) is -0.106. The maximum Gasteiger partial charge on any atom is 0.264 e. The number of nitrogens with zero attached hydrogens (tertiary/aromatic N) is 2. The van der Waals surface area contributed by atoms with Crippen LogP contribution in [-0.2, 0) is 4.79 Å². The van der Waals surface area contributed by atoms with E-state index in [1.54, 1.807) is 29.6 Å². The van der Waals surface area contributed by atoms with Gasteiger partial charge in [0.2, 0.25) is 0 Å². The molecule has 1 aromatic heterocycles. The Morgan fingerprint density at radius 1 is 1.48 bits per heavy atom. The van der Waals surface area contributed by atoms with Crippen molar-refractivity contribution in [3.8, 4) is 11.8 Å². The highest BCUT2D eigenvalue weighted by Crippen LogP contribution is 2.16. The topological polar surface area (TPSA) is 92.1 Å². The Bertz CT molecular complexity index is 718. The van der Waals surface area contributed by atoms with Crippen LogP contribution in [0.2, 0.25) is 0 Å². The predicted octanol–water partition coefficient (Wildman–Crippen LogP) is 2.23. The van der Waals surface area contributed by atoms with E-state index in [2.05, 4.69) is 10.3 Å². The minimum atomic E-state index is -0.387. The summed E-state index contributed by atoms with van der Waals surface area (Å²) in [6.07, 6.45) is 0. The third-order valence-electron chi connectivity index (χ3n) is 2.44. The number of rotatable bonds is 5.